The molecule has 3 rings (SSSR count). The molecule has 2 heterocycles. The molecule has 1 N–H and O–H groups in total. The summed E-state index contributed by atoms with van der Waals surface area (Å²) < 4.78 is 10.6. The average Bonchev–Trinajstić information content (AvgIpc) is 3.07. The summed E-state index contributed by atoms with van der Waals surface area (Å²) in [6, 6.07) is 7.64. The first-order chi connectivity index (χ1) is 9.72. The first-order valence-electron chi connectivity index (χ1n) is 6.42. The van der Waals surface area contributed by atoms with Gasteiger partial charge in [0.05, 0.1) is 12.5 Å². The molecule has 1 amide bonds. The summed E-state index contributed by atoms with van der Waals surface area (Å²) in [6.07, 6.45) is 0.415. The van der Waals surface area contributed by atoms with Gasteiger partial charge in [-0.1, -0.05) is 6.07 Å². The summed E-state index contributed by atoms with van der Waals surface area (Å²) in [7, 11) is 0. The zero-order chi connectivity index (χ0) is 13.9. The lowest BCUT2D eigenvalue weighted by Crippen LogP contribution is -2.27. The Kier molecular flexibility index (Phi) is 3.60. The number of carbonyl (C=O) groups excluding carboxylic acids is 1. The molecule has 1 atom stereocenters. The van der Waals surface area contributed by atoms with E-state index in [1.54, 1.807) is 11.3 Å². The van der Waals surface area contributed by atoms with Crippen molar-refractivity contribution in [3.63, 3.8) is 0 Å². The summed E-state index contributed by atoms with van der Waals surface area (Å²) in [4.78, 5) is 12.0. The van der Waals surface area contributed by atoms with E-state index in [-0.39, 0.29) is 18.7 Å². The Balaban J connectivity index is 1.64. The van der Waals surface area contributed by atoms with Gasteiger partial charge in [-0.15, -0.1) is 0 Å². The van der Waals surface area contributed by atoms with Gasteiger partial charge in [-0.3, -0.25) is 4.79 Å². The Bertz CT molecular complexity index is 610. The van der Waals surface area contributed by atoms with Gasteiger partial charge in [0.1, 0.15) is 0 Å². The highest BCUT2D eigenvalue weighted by Crippen LogP contribution is 2.34. The molecule has 20 heavy (non-hydrogen) atoms. The summed E-state index contributed by atoms with van der Waals surface area (Å²) in [5.41, 5.74) is 2.05. The van der Waals surface area contributed by atoms with E-state index < -0.39 is 0 Å². The molecule has 0 fully saturated rings. The summed E-state index contributed by atoms with van der Waals surface area (Å²) in [5, 5.41) is 6.96. The van der Waals surface area contributed by atoms with Crippen LogP contribution in [-0.4, -0.2) is 12.7 Å². The number of fused-ring (bicyclic) bond motifs is 1. The Hall–Kier alpha value is -2.01. The van der Waals surface area contributed by atoms with Gasteiger partial charge in [0, 0.05) is 0 Å². The van der Waals surface area contributed by atoms with E-state index in [0.29, 0.717) is 6.42 Å². The van der Waals surface area contributed by atoms with Crippen molar-refractivity contribution in [2.45, 2.75) is 19.4 Å². The van der Waals surface area contributed by atoms with E-state index in [1.165, 1.54) is 0 Å². The average molecular weight is 289 g/mol. The van der Waals surface area contributed by atoms with Gasteiger partial charge in [-0.05, 0) is 47.0 Å². The minimum Gasteiger partial charge on any atom is -0.454 e. The fraction of sp³-hybridized carbons (Fsp3) is 0.267. The van der Waals surface area contributed by atoms with Crippen molar-refractivity contribution >= 4 is 17.2 Å². The van der Waals surface area contributed by atoms with Gasteiger partial charge >= 0.3 is 0 Å². The number of thiophene rings is 1. The third kappa shape index (κ3) is 2.77. The molecule has 0 spiro atoms. The molecule has 104 valence electrons. The number of carbonyl (C=O) groups is 1. The van der Waals surface area contributed by atoms with Gasteiger partial charge in [-0.2, -0.15) is 11.3 Å². The molecule has 1 unspecified atom stereocenters. The lowest BCUT2D eigenvalue weighted by atomic mass is 10.1. The van der Waals surface area contributed by atoms with Crippen molar-refractivity contribution in [3.05, 3.63) is 46.2 Å². The lowest BCUT2D eigenvalue weighted by Gasteiger charge is -2.14. The Morgan fingerprint density at radius 3 is 3.00 bits per heavy atom. The Labute approximate surface area is 121 Å². The predicted molar refractivity (Wildman–Crippen MR) is 77.1 cm³/mol. The topological polar surface area (TPSA) is 47.6 Å². The monoisotopic (exact) mass is 289 g/mol. The number of hydrogen-bond donors (Lipinski definition) is 1. The molecule has 2 aromatic rings. The molecule has 0 radical (unpaired) electrons. The van der Waals surface area contributed by atoms with Crippen molar-refractivity contribution < 1.29 is 14.3 Å². The van der Waals surface area contributed by atoms with Crippen LogP contribution in [0.4, 0.5) is 0 Å². The minimum atomic E-state index is -0.0596. The highest BCUT2D eigenvalue weighted by Gasteiger charge is 2.16. The summed E-state index contributed by atoms with van der Waals surface area (Å²) in [5.74, 6) is 1.51. The molecule has 4 nitrogen and oxygen atoms in total. The number of rotatable bonds is 4. The molecule has 0 saturated carbocycles. The normalized spacial score (nSPS) is 14.1. The van der Waals surface area contributed by atoms with Crippen LogP contribution in [0.5, 0.6) is 11.5 Å². The summed E-state index contributed by atoms with van der Waals surface area (Å²) >= 11 is 1.60. The van der Waals surface area contributed by atoms with Crippen LogP contribution in [0.15, 0.2) is 35.0 Å². The molecule has 1 aromatic heterocycles. The number of amides is 1. The maximum Gasteiger partial charge on any atom is 0.231 e. The van der Waals surface area contributed by atoms with Crippen LogP contribution in [0.3, 0.4) is 0 Å². The van der Waals surface area contributed by atoms with E-state index >= 15 is 0 Å². The van der Waals surface area contributed by atoms with Crippen LogP contribution in [0.1, 0.15) is 24.1 Å². The standard InChI is InChI=1S/C15H15NO3S/c1-10(16-15(17)6-11-4-5-20-8-11)12-2-3-13-14(7-12)19-9-18-13/h2-5,7-8,10H,6,9H2,1H3,(H,16,17). The van der Waals surface area contributed by atoms with E-state index in [9.17, 15) is 4.79 Å². The van der Waals surface area contributed by atoms with Crippen LogP contribution in [-0.2, 0) is 11.2 Å². The van der Waals surface area contributed by atoms with Gasteiger partial charge in [0.15, 0.2) is 11.5 Å². The van der Waals surface area contributed by atoms with Gasteiger partial charge in [0.25, 0.3) is 0 Å². The molecular formula is C15H15NO3S. The molecule has 0 bridgehead atoms. The second kappa shape index (κ2) is 5.54. The molecule has 5 heteroatoms. The summed E-state index contributed by atoms with van der Waals surface area (Å²) in [6.45, 7) is 2.22. The molecule has 0 saturated heterocycles. The minimum absolute atomic E-state index is 0.0218. The molecule has 1 aromatic carbocycles. The zero-order valence-corrected chi connectivity index (χ0v) is 11.9. The van der Waals surface area contributed by atoms with Gasteiger partial charge in [0.2, 0.25) is 12.7 Å². The number of ether oxygens (including phenoxy) is 2. The van der Waals surface area contributed by atoms with E-state index in [1.807, 2.05) is 41.9 Å². The van der Waals surface area contributed by atoms with Crippen LogP contribution >= 0.6 is 11.3 Å². The maximum absolute atomic E-state index is 12.0. The second-order valence-corrected chi connectivity index (χ2v) is 5.49. The van der Waals surface area contributed by atoms with E-state index in [0.717, 1.165) is 22.6 Å². The van der Waals surface area contributed by atoms with Crippen molar-refractivity contribution in [1.82, 2.24) is 5.32 Å². The third-order valence-electron chi connectivity index (χ3n) is 3.22. The Morgan fingerprint density at radius 1 is 1.35 bits per heavy atom. The van der Waals surface area contributed by atoms with Crippen LogP contribution < -0.4 is 14.8 Å². The van der Waals surface area contributed by atoms with Crippen molar-refractivity contribution in [2.75, 3.05) is 6.79 Å². The van der Waals surface area contributed by atoms with Gasteiger partial charge < -0.3 is 14.8 Å². The van der Waals surface area contributed by atoms with Crippen LogP contribution in [0, 0.1) is 0 Å². The SMILES string of the molecule is CC(NC(=O)Cc1ccsc1)c1ccc2c(c1)OCO2. The number of nitrogens with one attached hydrogen (secondary N) is 1. The van der Waals surface area contributed by atoms with Crippen LogP contribution in [0.25, 0.3) is 0 Å². The van der Waals surface area contributed by atoms with Crippen molar-refractivity contribution in [3.8, 4) is 11.5 Å². The molecular weight excluding hydrogens is 274 g/mol. The van der Waals surface area contributed by atoms with E-state index in [2.05, 4.69) is 5.32 Å². The second-order valence-electron chi connectivity index (χ2n) is 4.71. The maximum atomic E-state index is 12.0. The van der Waals surface area contributed by atoms with Crippen molar-refractivity contribution in [2.24, 2.45) is 0 Å². The van der Waals surface area contributed by atoms with Crippen molar-refractivity contribution in [1.29, 1.82) is 0 Å². The first kappa shape index (κ1) is 13.0. The lowest BCUT2D eigenvalue weighted by molar-refractivity contribution is -0.121. The zero-order valence-electron chi connectivity index (χ0n) is 11.1. The largest absolute Gasteiger partial charge is 0.454 e. The quantitative estimate of drug-likeness (QED) is 0.941. The fourth-order valence-electron chi connectivity index (χ4n) is 2.14. The Morgan fingerprint density at radius 2 is 2.20 bits per heavy atom. The molecule has 1 aliphatic heterocycles. The predicted octanol–water partition coefficient (Wildman–Crippen LogP) is 2.90. The fourth-order valence-corrected chi connectivity index (χ4v) is 2.81. The van der Waals surface area contributed by atoms with E-state index in [4.69, 9.17) is 9.47 Å². The van der Waals surface area contributed by atoms with Crippen LogP contribution in [0.2, 0.25) is 0 Å². The first-order valence-corrected chi connectivity index (χ1v) is 7.36. The van der Waals surface area contributed by atoms with Gasteiger partial charge in [-0.25, -0.2) is 0 Å². The molecule has 1 aliphatic rings. The highest BCUT2D eigenvalue weighted by molar-refractivity contribution is 7.07. The number of hydrogen-bond acceptors (Lipinski definition) is 4. The number of benzene rings is 1. The highest BCUT2D eigenvalue weighted by atomic mass is 32.1. The molecule has 0 aliphatic carbocycles. The smallest absolute Gasteiger partial charge is 0.231 e. The third-order valence-corrected chi connectivity index (χ3v) is 3.95.